The van der Waals surface area contributed by atoms with Gasteiger partial charge < -0.3 is 0 Å². The lowest BCUT2D eigenvalue weighted by molar-refractivity contribution is 0.584. The second-order valence-corrected chi connectivity index (χ2v) is 7.17. The molecule has 122 valence electrons. The van der Waals surface area contributed by atoms with Crippen LogP contribution in [0.4, 0.5) is 0 Å². The Labute approximate surface area is 138 Å². The lowest BCUT2D eigenvalue weighted by atomic mass is 10.1. The highest BCUT2D eigenvalue weighted by atomic mass is 32.2. The molecule has 0 heterocycles. The van der Waals surface area contributed by atoms with Crippen LogP contribution in [0.1, 0.15) is 36.5 Å². The van der Waals surface area contributed by atoms with Gasteiger partial charge in [-0.2, -0.15) is 13.5 Å². The number of benzene rings is 2. The van der Waals surface area contributed by atoms with Gasteiger partial charge in [0, 0.05) is 0 Å². The van der Waals surface area contributed by atoms with Crippen molar-refractivity contribution in [1.29, 1.82) is 0 Å². The van der Waals surface area contributed by atoms with E-state index < -0.39 is 10.0 Å². The van der Waals surface area contributed by atoms with E-state index in [4.69, 9.17) is 0 Å². The van der Waals surface area contributed by atoms with Gasteiger partial charge in [-0.1, -0.05) is 55.3 Å². The van der Waals surface area contributed by atoms with Gasteiger partial charge in [-0.25, -0.2) is 4.83 Å². The molecule has 0 unspecified atom stereocenters. The van der Waals surface area contributed by atoms with Gasteiger partial charge in [0.25, 0.3) is 10.0 Å². The van der Waals surface area contributed by atoms with Crippen LogP contribution in [-0.4, -0.2) is 14.6 Å². The molecule has 0 radical (unpaired) electrons. The topological polar surface area (TPSA) is 58.5 Å². The van der Waals surface area contributed by atoms with E-state index in [1.165, 1.54) is 24.6 Å². The van der Waals surface area contributed by atoms with E-state index in [1.54, 1.807) is 24.3 Å². The minimum atomic E-state index is -3.62. The van der Waals surface area contributed by atoms with E-state index >= 15 is 0 Å². The van der Waals surface area contributed by atoms with Crippen molar-refractivity contribution in [2.75, 3.05) is 0 Å². The van der Waals surface area contributed by atoms with Crippen molar-refractivity contribution in [3.63, 3.8) is 0 Å². The molecule has 2 aromatic rings. The van der Waals surface area contributed by atoms with Crippen LogP contribution in [0.2, 0.25) is 0 Å². The molecule has 1 N–H and O–H groups in total. The molecule has 5 heteroatoms. The molecular formula is C18H22N2O2S. The first-order valence-electron chi connectivity index (χ1n) is 7.72. The Morgan fingerprint density at radius 2 is 1.70 bits per heavy atom. The highest BCUT2D eigenvalue weighted by Crippen LogP contribution is 2.10. The fourth-order valence-corrected chi connectivity index (χ4v) is 2.88. The Balaban J connectivity index is 1.99. The predicted octanol–water partition coefficient (Wildman–Crippen LogP) is 3.65. The molecule has 0 aromatic heterocycles. The van der Waals surface area contributed by atoms with Crippen LogP contribution in [0, 0.1) is 6.92 Å². The van der Waals surface area contributed by atoms with E-state index in [9.17, 15) is 8.42 Å². The van der Waals surface area contributed by atoms with Gasteiger partial charge in [0.1, 0.15) is 0 Å². The first-order valence-corrected chi connectivity index (χ1v) is 9.20. The summed E-state index contributed by atoms with van der Waals surface area (Å²) >= 11 is 0. The van der Waals surface area contributed by atoms with E-state index in [0.29, 0.717) is 0 Å². The molecule has 0 aliphatic heterocycles. The molecule has 0 aliphatic rings. The number of sulfonamides is 1. The van der Waals surface area contributed by atoms with Crippen molar-refractivity contribution in [3.8, 4) is 0 Å². The zero-order valence-corrected chi connectivity index (χ0v) is 14.3. The molecule has 0 atom stereocenters. The fraction of sp³-hybridized carbons (Fsp3) is 0.278. The van der Waals surface area contributed by atoms with Crippen LogP contribution in [0.25, 0.3) is 0 Å². The van der Waals surface area contributed by atoms with E-state index in [2.05, 4.69) is 16.9 Å². The number of aryl methyl sites for hydroxylation is 2. The van der Waals surface area contributed by atoms with Crippen molar-refractivity contribution in [3.05, 3.63) is 65.2 Å². The Morgan fingerprint density at radius 1 is 1.04 bits per heavy atom. The van der Waals surface area contributed by atoms with Crippen LogP contribution in [-0.2, 0) is 16.4 Å². The predicted molar refractivity (Wildman–Crippen MR) is 94.1 cm³/mol. The first kappa shape index (κ1) is 17.2. The van der Waals surface area contributed by atoms with Gasteiger partial charge >= 0.3 is 0 Å². The smallest absolute Gasteiger partial charge is 0.200 e. The largest absolute Gasteiger partial charge is 0.276 e. The summed E-state index contributed by atoms with van der Waals surface area (Å²) in [5.41, 5.74) is 3.15. The van der Waals surface area contributed by atoms with Gasteiger partial charge in [0.2, 0.25) is 0 Å². The van der Waals surface area contributed by atoms with Crippen molar-refractivity contribution in [2.24, 2.45) is 5.10 Å². The standard InChI is InChI=1S/C18H22N2O2S/c1-3-4-5-16-8-10-17(11-9-16)14-19-20-23(21,22)18-12-6-15(2)7-13-18/h6-14,20H,3-5H2,1-2H3/b19-14+. The summed E-state index contributed by atoms with van der Waals surface area (Å²) < 4.78 is 24.2. The molecule has 2 rings (SSSR count). The summed E-state index contributed by atoms with van der Waals surface area (Å²) in [5, 5.41) is 3.84. The zero-order chi connectivity index (χ0) is 16.7. The third-order valence-corrected chi connectivity index (χ3v) is 4.76. The highest BCUT2D eigenvalue weighted by molar-refractivity contribution is 7.89. The van der Waals surface area contributed by atoms with Crippen molar-refractivity contribution in [1.82, 2.24) is 4.83 Å². The molecule has 23 heavy (non-hydrogen) atoms. The maximum atomic E-state index is 12.1. The van der Waals surface area contributed by atoms with Gasteiger partial charge in [-0.3, -0.25) is 0 Å². The van der Waals surface area contributed by atoms with Crippen LogP contribution in [0.15, 0.2) is 58.5 Å². The van der Waals surface area contributed by atoms with Crippen molar-refractivity contribution in [2.45, 2.75) is 38.0 Å². The van der Waals surface area contributed by atoms with E-state index in [-0.39, 0.29) is 4.90 Å². The van der Waals surface area contributed by atoms with Gasteiger partial charge in [-0.05, 0) is 43.0 Å². The summed E-state index contributed by atoms with van der Waals surface area (Å²) in [5.74, 6) is 0. The molecule has 2 aromatic carbocycles. The lowest BCUT2D eigenvalue weighted by Crippen LogP contribution is -2.18. The average molecular weight is 330 g/mol. The summed E-state index contributed by atoms with van der Waals surface area (Å²) in [6.45, 7) is 4.08. The van der Waals surface area contributed by atoms with Crippen molar-refractivity contribution < 1.29 is 8.42 Å². The van der Waals surface area contributed by atoms with Gasteiger partial charge in [0.15, 0.2) is 0 Å². The number of unbranched alkanes of at least 4 members (excludes halogenated alkanes) is 1. The van der Waals surface area contributed by atoms with Gasteiger partial charge in [0.05, 0.1) is 11.1 Å². The monoisotopic (exact) mass is 330 g/mol. The average Bonchev–Trinajstić information content (AvgIpc) is 2.54. The summed E-state index contributed by atoms with van der Waals surface area (Å²) in [7, 11) is -3.62. The molecule has 0 fully saturated rings. The lowest BCUT2D eigenvalue weighted by Gasteiger charge is -2.04. The maximum Gasteiger partial charge on any atom is 0.276 e. The molecule has 0 bridgehead atoms. The molecular weight excluding hydrogens is 308 g/mol. The quantitative estimate of drug-likeness (QED) is 0.622. The Morgan fingerprint density at radius 3 is 2.30 bits per heavy atom. The Kier molecular flexibility index (Phi) is 5.93. The normalized spacial score (nSPS) is 11.7. The summed E-state index contributed by atoms with van der Waals surface area (Å²) in [4.78, 5) is 2.44. The minimum absolute atomic E-state index is 0.204. The molecule has 0 saturated heterocycles. The van der Waals surface area contributed by atoms with Gasteiger partial charge in [-0.15, -0.1) is 0 Å². The third-order valence-electron chi connectivity index (χ3n) is 3.52. The summed E-state index contributed by atoms with van der Waals surface area (Å²) in [6, 6.07) is 14.6. The van der Waals surface area contributed by atoms with Crippen LogP contribution in [0.3, 0.4) is 0 Å². The number of hydrogen-bond acceptors (Lipinski definition) is 3. The fourth-order valence-electron chi connectivity index (χ4n) is 2.09. The van der Waals surface area contributed by atoms with Crippen LogP contribution in [0.5, 0.6) is 0 Å². The molecule has 4 nitrogen and oxygen atoms in total. The maximum absolute atomic E-state index is 12.1. The minimum Gasteiger partial charge on any atom is -0.200 e. The summed E-state index contributed by atoms with van der Waals surface area (Å²) in [6.07, 6.45) is 4.91. The number of rotatable bonds is 7. The SMILES string of the molecule is CCCCc1ccc(/C=N/NS(=O)(=O)c2ccc(C)cc2)cc1. The van der Waals surface area contributed by atoms with Crippen LogP contribution < -0.4 is 4.83 Å². The number of hydrogen-bond donors (Lipinski definition) is 1. The molecule has 0 saturated carbocycles. The molecule has 0 amide bonds. The Bertz CT molecular complexity index is 749. The molecule has 0 spiro atoms. The van der Waals surface area contributed by atoms with E-state index in [1.807, 2.05) is 31.2 Å². The number of hydrazone groups is 1. The third kappa shape index (κ3) is 5.21. The number of nitrogens with zero attached hydrogens (tertiary/aromatic N) is 1. The van der Waals surface area contributed by atoms with Crippen LogP contribution >= 0.6 is 0 Å². The first-order chi connectivity index (χ1) is 11.0. The zero-order valence-electron chi connectivity index (χ0n) is 13.5. The number of nitrogens with one attached hydrogen (secondary N) is 1. The molecule has 0 aliphatic carbocycles. The van der Waals surface area contributed by atoms with E-state index in [0.717, 1.165) is 17.5 Å². The second kappa shape index (κ2) is 7.92. The second-order valence-electron chi connectivity index (χ2n) is 5.51. The van der Waals surface area contributed by atoms with Crippen molar-refractivity contribution >= 4 is 16.2 Å². The Hall–Kier alpha value is -2.14. The highest BCUT2D eigenvalue weighted by Gasteiger charge is 2.11.